The zero-order valence-corrected chi connectivity index (χ0v) is 14.4. The summed E-state index contributed by atoms with van der Waals surface area (Å²) < 4.78 is 18.8. The van der Waals surface area contributed by atoms with Crippen molar-refractivity contribution in [1.82, 2.24) is 10.3 Å². The molecule has 6 heteroatoms. The van der Waals surface area contributed by atoms with Crippen LogP contribution in [0.25, 0.3) is 10.8 Å². The summed E-state index contributed by atoms with van der Waals surface area (Å²) in [4.78, 5) is 29.5. The van der Waals surface area contributed by atoms with Crippen LogP contribution >= 0.6 is 0 Å². The van der Waals surface area contributed by atoms with Crippen molar-refractivity contribution in [3.63, 3.8) is 0 Å². The number of carbonyl (C=O) groups is 2. The van der Waals surface area contributed by atoms with Gasteiger partial charge in [-0.25, -0.2) is 9.18 Å². The average molecular weight is 364 g/mol. The van der Waals surface area contributed by atoms with Crippen molar-refractivity contribution < 1.29 is 18.7 Å². The van der Waals surface area contributed by atoms with Crippen LogP contribution in [0.1, 0.15) is 34.9 Å². The number of benzene rings is 2. The molecule has 2 aromatic carbocycles. The minimum absolute atomic E-state index is 0.110. The number of rotatable bonds is 5. The quantitative estimate of drug-likeness (QED) is 0.703. The van der Waals surface area contributed by atoms with Gasteiger partial charge in [0.2, 0.25) is 6.10 Å². The minimum Gasteiger partial charge on any atom is -0.444 e. The van der Waals surface area contributed by atoms with Gasteiger partial charge in [0.25, 0.3) is 5.91 Å². The number of hydrogen-bond donors (Lipinski definition) is 1. The lowest BCUT2D eigenvalue weighted by Gasteiger charge is -2.18. The second-order valence-electron chi connectivity index (χ2n) is 6.53. The van der Waals surface area contributed by atoms with E-state index >= 15 is 0 Å². The number of amides is 1. The van der Waals surface area contributed by atoms with E-state index in [2.05, 4.69) is 10.3 Å². The van der Waals surface area contributed by atoms with Crippen molar-refractivity contribution >= 4 is 22.6 Å². The van der Waals surface area contributed by atoms with Crippen molar-refractivity contribution in [2.45, 2.75) is 25.0 Å². The van der Waals surface area contributed by atoms with E-state index in [0.29, 0.717) is 10.9 Å². The highest BCUT2D eigenvalue weighted by Crippen LogP contribution is 2.26. The molecular weight excluding hydrogens is 347 g/mol. The number of hydrogen-bond acceptors (Lipinski definition) is 4. The van der Waals surface area contributed by atoms with Gasteiger partial charge in [0, 0.05) is 29.4 Å². The molecule has 1 fully saturated rings. The zero-order chi connectivity index (χ0) is 18.8. The molecule has 27 heavy (non-hydrogen) atoms. The second-order valence-corrected chi connectivity index (χ2v) is 6.53. The number of ether oxygens (including phenoxy) is 1. The first-order valence-electron chi connectivity index (χ1n) is 8.71. The molecular formula is C21H17FN2O3. The molecule has 3 aromatic rings. The first-order valence-corrected chi connectivity index (χ1v) is 8.71. The summed E-state index contributed by atoms with van der Waals surface area (Å²) in [6.07, 6.45) is 3.73. The van der Waals surface area contributed by atoms with Crippen molar-refractivity contribution in [3.05, 3.63) is 77.9 Å². The largest absolute Gasteiger partial charge is 0.444 e. The number of nitrogens with zero attached hydrogens (tertiary/aromatic N) is 1. The van der Waals surface area contributed by atoms with Gasteiger partial charge in [-0.1, -0.05) is 36.4 Å². The average Bonchev–Trinajstić information content (AvgIpc) is 3.50. The Hall–Kier alpha value is -3.28. The third kappa shape index (κ3) is 3.79. The third-order valence-corrected chi connectivity index (χ3v) is 4.45. The molecule has 1 aliphatic carbocycles. The predicted octanol–water partition coefficient (Wildman–Crippen LogP) is 3.55. The van der Waals surface area contributed by atoms with Gasteiger partial charge in [-0.15, -0.1) is 0 Å². The molecule has 0 radical (unpaired) electrons. The summed E-state index contributed by atoms with van der Waals surface area (Å²) in [5.41, 5.74) is 0.690. The van der Waals surface area contributed by atoms with Crippen LogP contribution in [0.2, 0.25) is 0 Å². The first-order chi connectivity index (χ1) is 13.1. The van der Waals surface area contributed by atoms with E-state index in [1.165, 1.54) is 30.5 Å². The maximum absolute atomic E-state index is 13.3. The highest BCUT2D eigenvalue weighted by atomic mass is 19.1. The van der Waals surface area contributed by atoms with Gasteiger partial charge in [-0.05, 0) is 30.4 Å². The fraction of sp³-hybridized carbons (Fsp3) is 0.190. The number of aromatic nitrogens is 1. The van der Waals surface area contributed by atoms with Crippen LogP contribution in [0.15, 0.2) is 60.9 Å². The van der Waals surface area contributed by atoms with Crippen LogP contribution in [0.5, 0.6) is 0 Å². The van der Waals surface area contributed by atoms with Crippen LogP contribution in [-0.2, 0) is 9.53 Å². The number of fused-ring (bicyclic) bond motifs is 1. The Kier molecular flexibility index (Phi) is 4.54. The number of halogens is 1. The van der Waals surface area contributed by atoms with Gasteiger partial charge < -0.3 is 10.1 Å². The fourth-order valence-corrected chi connectivity index (χ4v) is 2.86. The van der Waals surface area contributed by atoms with Crippen LogP contribution < -0.4 is 5.32 Å². The van der Waals surface area contributed by atoms with Crippen molar-refractivity contribution in [2.24, 2.45) is 0 Å². The lowest BCUT2D eigenvalue weighted by molar-refractivity contribution is -0.130. The standard InChI is InChI=1S/C21H17FN2O3/c22-15-7-5-13(6-8-15)19(20(25)24-16-9-10-16)27-21(26)18-12-23-11-14-3-1-2-4-17(14)18/h1-8,11-12,16,19H,9-10H2,(H,24,25). The van der Waals surface area contributed by atoms with Gasteiger partial charge in [0.1, 0.15) is 5.82 Å². The maximum atomic E-state index is 13.3. The van der Waals surface area contributed by atoms with E-state index in [4.69, 9.17) is 4.74 Å². The summed E-state index contributed by atoms with van der Waals surface area (Å²) in [6.45, 7) is 0. The van der Waals surface area contributed by atoms with Gasteiger partial charge in [0.15, 0.2) is 0 Å². The molecule has 1 aromatic heterocycles. The summed E-state index contributed by atoms with van der Waals surface area (Å²) in [5.74, 6) is -1.49. The molecule has 1 heterocycles. The Bertz CT molecular complexity index is 994. The molecule has 0 spiro atoms. The Morgan fingerprint density at radius 1 is 1.07 bits per heavy atom. The molecule has 0 aliphatic heterocycles. The molecule has 1 unspecified atom stereocenters. The number of nitrogens with one attached hydrogen (secondary N) is 1. The van der Waals surface area contributed by atoms with Crippen molar-refractivity contribution in [1.29, 1.82) is 0 Å². The third-order valence-electron chi connectivity index (χ3n) is 4.45. The highest BCUT2D eigenvalue weighted by molar-refractivity contribution is 6.04. The SMILES string of the molecule is O=C(OC(C(=O)NC1CC1)c1ccc(F)cc1)c1cncc2ccccc12. The van der Waals surface area contributed by atoms with Crippen LogP contribution in [-0.4, -0.2) is 22.9 Å². The Morgan fingerprint density at radius 2 is 1.81 bits per heavy atom. The second kappa shape index (κ2) is 7.15. The van der Waals surface area contributed by atoms with E-state index in [9.17, 15) is 14.0 Å². The van der Waals surface area contributed by atoms with E-state index in [0.717, 1.165) is 18.2 Å². The minimum atomic E-state index is -1.15. The molecule has 1 atom stereocenters. The van der Waals surface area contributed by atoms with E-state index < -0.39 is 23.8 Å². The summed E-state index contributed by atoms with van der Waals surface area (Å²) >= 11 is 0. The number of pyridine rings is 1. The van der Waals surface area contributed by atoms with Gasteiger partial charge >= 0.3 is 5.97 Å². The van der Waals surface area contributed by atoms with Gasteiger partial charge in [-0.3, -0.25) is 9.78 Å². The fourth-order valence-electron chi connectivity index (χ4n) is 2.86. The highest BCUT2D eigenvalue weighted by Gasteiger charge is 2.31. The Labute approximate surface area is 155 Å². The van der Waals surface area contributed by atoms with E-state index in [1.807, 2.05) is 18.2 Å². The van der Waals surface area contributed by atoms with Crippen LogP contribution in [0, 0.1) is 5.82 Å². The van der Waals surface area contributed by atoms with Crippen molar-refractivity contribution in [2.75, 3.05) is 0 Å². The van der Waals surface area contributed by atoms with Crippen LogP contribution in [0.3, 0.4) is 0 Å². The summed E-state index contributed by atoms with van der Waals surface area (Å²) in [7, 11) is 0. The lowest BCUT2D eigenvalue weighted by Crippen LogP contribution is -2.33. The molecule has 1 N–H and O–H groups in total. The van der Waals surface area contributed by atoms with Crippen LogP contribution in [0.4, 0.5) is 4.39 Å². The molecule has 4 rings (SSSR count). The molecule has 0 saturated heterocycles. The van der Waals surface area contributed by atoms with Gasteiger partial charge in [-0.2, -0.15) is 0 Å². The predicted molar refractivity (Wildman–Crippen MR) is 97.5 cm³/mol. The monoisotopic (exact) mass is 364 g/mol. The number of esters is 1. The molecule has 1 aliphatic rings. The maximum Gasteiger partial charge on any atom is 0.341 e. The topological polar surface area (TPSA) is 68.3 Å². The van der Waals surface area contributed by atoms with E-state index in [-0.39, 0.29) is 11.6 Å². The van der Waals surface area contributed by atoms with Gasteiger partial charge in [0.05, 0.1) is 5.56 Å². The molecule has 0 bridgehead atoms. The zero-order valence-electron chi connectivity index (χ0n) is 14.4. The summed E-state index contributed by atoms with van der Waals surface area (Å²) in [6, 6.07) is 12.8. The lowest BCUT2D eigenvalue weighted by atomic mass is 10.1. The number of carbonyl (C=O) groups excluding carboxylic acids is 2. The Morgan fingerprint density at radius 3 is 2.56 bits per heavy atom. The molecule has 136 valence electrons. The summed E-state index contributed by atoms with van der Waals surface area (Å²) in [5, 5.41) is 4.33. The Balaban J connectivity index is 1.64. The van der Waals surface area contributed by atoms with E-state index in [1.54, 1.807) is 12.3 Å². The smallest absolute Gasteiger partial charge is 0.341 e. The molecule has 5 nitrogen and oxygen atoms in total. The molecule has 1 saturated carbocycles. The first kappa shape index (κ1) is 17.1. The van der Waals surface area contributed by atoms with Crippen molar-refractivity contribution in [3.8, 4) is 0 Å². The molecule has 1 amide bonds. The normalized spacial score (nSPS) is 14.6.